The molecule has 0 aliphatic carbocycles. The fraction of sp³-hybridized carbons (Fsp3) is 0.538. The van der Waals surface area contributed by atoms with Gasteiger partial charge in [0.05, 0.1) is 12.5 Å². The molecule has 0 saturated heterocycles. The number of hydrogen-bond donors (Lipinski definition) is 2. The van der Waals surface area contributed by atoms with Gasteiger partial charge >= 0.3 is 5.97 Å². The maximum atomic E-state index is 11.8. The number of carboxylic acids is 1. The molecule has 1 rings (SSSR count). The Morgan fingerprint density at radius 3 is 2.61 bits per heavy atom. The topological polar surface area (TPSA) is 66.4 Å². The van der Waals surface area contributed by atoms with E-state index in [0.717, 1.165) is 4.88 Å². The molecule has 1 heterocycles. The van der Waals surface area contributed by atoms with Gasteiger partial charge in [0.25, 0.3) is 0 Å². The summed E-state index contributed by atoms with van der Waals surface area (Å²) in [5.74, 6) is -0.985. The molecule has 0 saturated carbocycles. The molecule has 1 aromatic rings. The monoisotopic (exact) mass is 269 g/mol. The van der Waals surface area contributed by atoms with Crippen LogP contribution >= 0.6 is 11.3 Å². The largest absolute Gasteiger partial charge is 0.481 e. The highest BCUT2D eigenvalue weighted by atomic mass is 32.1. The highest BCUT2D eigenvalue weighted by Gasteiger charge is 2.25. The molecule has 4 nitrogen and oxygen atoms in total. The zero-order valence-corrected chi connectivity index (χ0v) is 11.7. The lowest BCUT2D eigenvalue weighted by atomic mass is 9.85. The van der Waals surface area contributed by atoms with Crippen molar-refractivity contribution in [1.29, 1.82) is 0 Å². The van der Waals surface area contributed by atoms with Gasteiger partial charge in [0.1, 0.15) is 0 Å². The van der Waals surface area contributed by atoms with Crippen molar-refractivity contribution in [3.63, 3.8) is 0 Å². The summed E-state index contributed by atoms with van der Waals surface area (Å²) < 4.78 is 0. The van der Waals surface area contributed by atoms with E-state index in [4.69, 9.17) is 5.11 Å². The first-order chi connectivity index (χ1) is 8.30. The van der Waals surface area contributed by atoms with Crippen molar-refractivity contribution in [2.45, 2.75) is 39.7 Å². The quantitative estimate of drug-likeness (QED) is 0.834. The van der Waals surface area contributed by atoms with Crippen LogP contribution in [0.4, 0.5) is 0 Å². The first kappa shape index (κ1) is 14.7. The highest BCUT2D eigenvalue weighted by Crippen LogP contribution is 2.26. The molecule has 0 bridgehead atoms. The maximum Gasteiger partial charge on any atom is 0.303 e. The van der Waals surface area contributed by atoms with Gasteiger partial charge in [0.2, 0.25) is 5.91 Å². The second-order valence-corrected chi connectivity index (χ2v) is 6.20. The van der Waals surface area contributed by atoms with Crippen LogP contribution in [0.2, 0.25) is 0 Å². The van der Waals surface area contributed by atoms with Gasteiger partial charge in [-0.2, -0.15) is 0 Å². The number of carboxylic acid groups (broad SMARTS) is 1. The summed E-state index contributed by atoms with van der Waals surface area (Å²) in [5.41, 5.74) is -0.523. The van der Waals surface area contributed by atoms with Crippen LogP contribution in [0.1, 0.15) is 44.5 Å². The molecule has 0 fully saturated rings. The minimum absolute atomic E-state index is 0.00615. The Labute approximate surface area is 111 Å². The standard InChI is InChI=1S/C13H19NO3S/c1-9(10-5-4-6-18-10)14-11(15)7-13(2,3)8-12(16)17/h4-6,9H,7-8H2,1-3H3,(H,14,15)(H,16,17)/t9-/m1/s1. The predicted molar refractivity (Wildman–Crippen MR) is 71.5 cm³/mol. The summed E-state index contributed by atoms with van der Waals surface area (Å²) in [7, 11) is 0. The zero-order chi connectivity index (χ0) is 13.8. The van der Waals surface area contributed by atoms with E-state index in [0.29, 0.717) is 0 Å². The Hall–Kier alpha value is -1.36. The summed E-state index contributed by atoms with van der Waals surface area (Å²) in [5, 5.41) is 13.6. The molecule has 0 spiro atoms. The Balaban J connectivity index is 2.49. The minimum atomic E-state index is -0.876. The highest BCUT2D eigenvalue weighted by molar-refractivity contribution is 7.10. The van der Waals surface area contributed by atoms with Gasteiger partial charge in [-0.15, -0.1) is 11.3 Å². The second-order valence-electron chi connectivity index (χ2n) is 5.22. The maximum absolute atomic E-state index is 11.8. The van der Waals surface area contributed by atoms with Crippen LogP contribution in [0, 0.1) is 5.41 Å². The lowest BCUT2D eigenvalue weighted by Crippen LogP contribution is -2.31. The second kappa shape index (κ2) is 6.00. The molecule has 1 aromatic heterocycles. The van der Waals surface area contributed by atoms with E-state index in [2.05, 4.69) is 5.32 Å². The summed E-state index contributed by atoms with van der Waals surface area (Å²) >= 11 is 1.59. The summed E-state index contributed by atoms with van der Waals surface area (Å²) in [6.07, 6.45) is 0.211. The molecule has 1 amide bonds. The molecule has 0 unspecified atom stereocenters. The molecule has 0 aromatic carbocycles. The summed E-state index contributed by atoms with van der Waals surface area (Å²) in [6.45, 7) is 5.50. The molecule has 0 aliphatic heterocycles. The van der Waals surface area contributed by atoms with Gasteiger partial charge in [-0.05, 0) is 23.8 Å². The van der Waals surface area contributed by atoms with Gasteiger partial charge in [0, 0.05) is 11.3 Å². The third-order valence-corrected chi connectivity index (χ3v) is 3.67. The zero-order valence-electron chi connectivity index (χ0n) is 10.9. The minimum Gasteiger partial charge on any atom is -0.481 e. The lowest BCUT2D eigenvalue weighted by molar-refractivity contribution is -0.139. The van der Waals surface area contributed by atoms with Crippen molar-refractivity contribution in [3.8, 4) is 0 Å². The number of nitrogens with one attached hydrogen (secondary N) is 1. The van der Waals surface area contributed by atoms with Gasteiger partial charge in [-0.25, -0.2) is 0 Å². The fourth-order valence-electron chi connectivity index (χ4n) is 1.81. The van der Waals surface area contributed by atoms with Gasteiger partial charge < -0.3 is 10.4 Å². The first-order valence-corrected chi connectivity index (χ1v) is 6.73. The number of amides is 1. The fourth-order valence-corrected chi connectivity index (χ4v) is 2.54. The van der Waals surface area contributed by atoms with Crippen LogP contribution in [-0.4, -0.2) is 17.0 Å². The first-order valence-electron chi connectivity index (χ1n) is 5.85. The normalized spacial score (nSPS) is 13.1. The molecular formula is C13H19NO3S. The Morgan fingerprint density at radius 2 is 2.11 bits per heavy atom. The molecule has 1 atom stereocenters. The molecule has 100 valence electrons. The van der Waals surface area contributed by atoms with Crippen LogP contribution in [-0.2, 0) is 9.59 Å². The number of hydrogen-bond acceptors (Lipinski definition) is 3. The number of thiophene rings is 1. The SMILES string of the molecule is C[C@@H](NC(=O)CC(C)(C)CC(=O)O)c1cccs1. The predicted octanol–water partition coefficient (Wildman–Crippen LogP) is 2.82. The molecule has 18 heavy (non-hydrogen) atoms. The molecular weight excluding hydrogens is 250 g/mol. The van der Waals surface area contributed by atoms with Crippen LogP contribution < -0.4 is 5.32 Å². The van der Waals surface area contributed by atoms with Crippen molar-refractivity contribution < 1.29 is 14.7 Å². The van der Waals surface area contributed by atoms with Crippen LogP contribution in [0.25, 0.3) is 0 Å². The van der Waals surface area contributed by atoms with Gasteiger partial charge in [0.15, 0.2) is 0 Å². The Kier molecular flexibility index (Phi) is 4.90. The van der Waals surface area contributed by atoms with Crippen molar-refractivity contribution in [3.05, 3.63) is 22.4 Å². The lowest BCUT2D eigenvalue weighted by Gasteiger charge is -2.22. The van der Waals surface area contributed by atoms with Crippen molar-refractivity contribution in [2.75, 3.05) is 0 Å². The van der Waals surface area contributed by atoms with Crippen molar-refractivity contribution in [2.24, 2.45) is 5.41 Å². The molecule has 0 radical (unpaired) electrons. The van der Waals surface area contributed by atoms with Crippen LogP contribution in [0.15, 0.2) is 17.5 Å². The van der Waals surface area contributed by atoms with E-state index in [1.165, 1.54) is 0 Å². The van der Waals surface area contributed by atoms with Gasteiger partial charge in [-0.1, -0.05) is 19.9 Å². The molecule has 2 N–H and O–H groups in total. The van der Waals surface area contributed by atoms with E-state index < -0.39 is 11.4 Å². The average Bonchev–Trinajstić information content (AvgIpc) is 2.65. The third kappa shape index (κ3) is 4.87. The van der Waals surface area contributed by atoms with Crippen molar-refractivity contribution >= 4 is 23.2 Å². The number of rotatable bonds is 6. The van der Waals surface area contributed by atoms with Crippen molar-refractivity contribution in [1.82, 2.24) is 5.32 Å². The van der Waals surface area contributed by atoms with E-state index in [1.807, 2.05) is 24.4 Å². The Bertz CT molecular complexity index is 412. The van der Waals surface area contributed by atoms with E-state index >= 15 is 0 Å². The third-order valence-electron chi connectivity index (χ3n) is 2.62. The molecule has 5 heteroatoms. The summed E-state index contributed by atoms with van der Waals surface area (Å²) in [4.78, 5) is 23.6. The number of carbonyl (C=O) groups excluding carboxylic acids is 1. The van der Waals surface area contributed by atoms with Gasteiger partial charge in [-0.3, -0.25) is 9.59 Å². The van der Waals surface area contributed by atoms with Crippen LogP contribution in [0.5, 0.6) is 0 Å². The number of aliphatic carboxylic acids is 1. The van der Waals surface area contributed by atoms with E-state index in [1.54, 1.807) is 25.2 Å². The van der Waals surface area contributed by atoms with E-state index in [9.17, 15) is 9.59 Å². The van der Waals surface area contributed by atoms with Crippen LogP contribution in [0.3, 0.4) is 0 Å². The number of carbonyl (C=O) groups is 2. The Morgan fingerprint density at radius 1 is 1.44 bits per heavy atom. The smallest absolute Gasteiger partial charge is 0.303 e. The summed E-state index contributed by atoms with van der Waals surface area (Å²) in [6, 6.07) is 3.88. The molecule has 0 aliphatic rings. The van der Waals surface area contributed by atoms with E-state index in [-0.39, 0.29) is 24.8 Å². The average molecular weight is 269 g/mol.